The van der Waals surface area contributed by atoms with Crippen LogP contribution >= 0.6 is 41.2 Å². The van der Waals surface area contributed by atoms with Crippen LogP contribution in [0.3, 0.4) is 0 Å². The number of hydrazine groups is 1. The second-order valence-corrected chi connectivity index (χ2v) is 9.28. The van der Waals surface area contributed by atoms with Crippen molar-refractivity contribution >= 4 is 41.2 Å². The van der Waals surface area contributed by atoms with E-state index in [9.17, 15) is 0 Å². The van der Waals surface area contributed by atoms with Crippen LogP contribution in [0.25, 0.3) is 0 Å². The van der Waals surface area contributed by atoms with Crippen LogP contribution in [0, 0.1) is 0 Å². The van der Waals surface area contributed by atoms with Gasteiger partial charge in [-0.05, 0) is 0 Å². The van der Waals surface area contributed by atoms with Crippen LogP contribution in [0.2, 0.25) is 0 Å². The van der Waals surface area contributed by atoms with Crippen molar-refractivity contribution in [2.45, 2.75) is 2.06 Å². The van der Waals surface area contributed by atoms with Crippen molar-refractivity contribution in [1.82, 2.24) is 10.9 Å². The average Bonchev–Trinajstić information content (AvgIpc) is 1.68. The Bertz CT molecular complexity index is 41.9. The van der Waals surface area contributed by atoms with Crippen LogP contribution in [0.15, 0.2) is 0 Å². The Kier molecular flexibility index (Phi) is 8.11. The summed E-state index contributed by atoms with van der Waals surface area (Å²) in [6, 6.07) is 0. The minimum absolute atomic E-state index is 0.321. The van der Waals surface area contributed by atoms with Gasteiger partial charge in [0.05, 0.1) is 0 Å². The van der Waals surface area contributed by atoms with E-state index in [-0.39, 0.29) is 0 Å². The Morgan fingerprint density at radius 1 is 1.71 bits per heavy atom. The normalized spacial score (nSPS) is 14.7. The zero-order valence-electron chi connectivity index (χ0n) is 3.71. The molecule has 7 heavy (non-hydrogen) atoms. The Labute approximate surface area is 77.1 Å². The van der Waals surface area contributed by atoms with Gasteiger partial charge in [-0.25, -0.2) is 0 Å². The molecular formula is C2H6I3N2-. The van der Waals surface area contributed by atoms with Crippen LogP contribution in [0.1, 0.15) is 0 Å². The summed E-state index contributed by atoms with van der Waals surface area (Å²) < 4.78 is 0.655. The van der Waals surface area contributed by atoms with Crippen molar-refractivity contribution in [2.24, 2.45) is 0 Å². The van der Waals surface area contributed by atoms with Crippen molar-refractivity contribution in [3.63, 3.8) is 0 Å². The quantitative estimate of drug-likeness (QED) is 0.228. The first-order valence-corrected chi connectivity index (χ1v) is 10.4. The predicted molar refractivity (Wildman–Crippen MR) is 44.0 cm³/mol. The molecule has 0 aromatic carbocycles. The van der Waals surface area contributed by atoms with Gasteiger partial charge in [0.25, 0.3) is 0 Å². The number of hydrogen-bond donors (Lipinski definition) is 2. The second-order valence-electron chi connectivity index (χ2n) is 0.778. The minimum atomic E-state index is 0.321. The Hall–Kier alpha value is 2.11. The molecule has 0 saturated carbocycles. The van der Waals surface area contributed by atoms with E-state index in [4.69, 9.17) is 0 Å². The molecule has 0 aliphatic carbocycles. The summed E-state index contributed by atoms with van der Waals surface area (Å²) in [5.41, 5.74) is 5.96. The van der Waals surface area contributed by atoms with Crippen LogP contribution in [0.4, 0.5) is 0 Å². The van der Waals surface area contributed by atoms with Gasteiger partial charge in [0.2, 0.25) is 0 Å². The van der Waals surface area contributed by atoms with Crippen molar-refractivity contribution in [3.05, 3.63) is 0 Å². The number of halogens is 3. The molecular weight excluding hydrogens is 433 g/mol. The van der Waals surface area contributed by atoms with E-state index in [1.807, 2.05) is 7.05 Å². The van der Waals surface area contributed by atoms with Gasteiger partial charge in [0, 0.05) is 0 Å². The van der Waals surface area contributed by atoms with Crippen LogP contribution < -0.4 is 28.1 Å². The fourth-order valence-electron chi connectivity index (χ4n) is 0.130. The molecule has 1 unspecified atom stereocenters. The van der Waals surface area contributed by atoms with Crippen molar-refractivity contribution in [2.75, 3.05) is 7.05 Å². The van der Waals surface area contributed by atoms with Gasteiger partial charge in [-0.3, -0.25) is 0 Å². The molecule has 5 heteroatoms. The SMILES string of the molecule is CNNC(I)[I-]I. The fourth-order valence-corrected chi connectivity index (χ4v) is 1.66. The summed E-state index contributed by atoms with van der Waals surface area (Å²) in [6.45, 7) is 0. The van der Waals surface area contributed by atoms with Gasteiger partial charge >= 0.3 is 78.4 Å². The van der Waals surface area contributed by atoms with E-state index in [0.29, 0.717) is 19.3 Å². The summed E-state index contributed by atoms with van der Waals surface area (Å²) in [4.78, 5) is 0. The predicted octanol–water partition coefficient (Wildman–Crippen LogP) is -2.13. The first-order chi connectivity index (χ1) is 3.31. The Morgan fingerprint density at radius 3 is 2.43 bits per heavy atom. The van der Waals surface area contributed by atoms with Gasteiger partial charge in [-0.1, -0.05) is 0 Å². The van der Waals surface area contributed by atoms with Crippen LogP contribution in [-0.4, -0.2) is 9.10 Å². The molecule has 0 amide bonds. The number of rotatable bonds is 3. The standard InChI is InChI=1S/C2H6I3N2/c1-6-7-2(3)5-4/h2,6-7H,1H3/q-1. The molecule has 0 aliphatic heterocycles. The first kappa shape index (κ1) is 9.11. The van der Waals surface area contributed by atoms with E-state index >= 15 is 0 Å². The first-order valence-electron chi connectivity index (χ1n) is 1.62. The third kappa shape index (κ3) is 5.99. The van der Waals surface area contributed by atoms with E-state index < -0.39 is 0 Å². The molecule has 0 radical (unpaired) electrons. The summed E-state index contributed by atoms with van der Waals surface area (Å²) in [5.74, 6) is 0. The summed E-state index contributed by atoms with van der Waals surface area (Å²) in [6.07, 6.45) is 0. The molecule has 0 spiro atoms. The number of nitrogens with one attached hydrogen (secondary N) is 2. The number of alkyl halides is 2. The number of hydrogen-bond acceptors (Lipinski definition) is 2. The molecule has 2 nitrogen and oxygen atoms in total. The third-order valence-electron chi connectivity index (χ3n) is 0.326. The molecule has 46 valence electrons. The molecule has 0 bridgehead atoms. The summed E-state index contributed by atoms with van der Waals surface area (Å²) >= 11 is 5.13. The third-order valence-corrected chi connectivity index (χ3v) is 12.1. The molecule has 0 aromatic rings. The van der Waals surface area contributed by atoms with Crippen molar-refractivity contribution < 1.29 is 17.2 Å². The molecule has 0 saturated heterocycles. The maximum absolute atomic E-state index is 3.07. The van der Waals surface area contributed by atoms with Gasteiger partial charge in [-0.15, -0.1) is 0 Å². The molecule has 0 rings (SSSR count). The summed E-state index contributed by atoms with van der Waals surface area (Å²) in [7, 11) is 1.89. The van der Waals surface area contributed by atoms with Gasteiger partial charge in [0.15, 0.2) is 0 Å². The van der Waals surface area contributed by atoms with E-state index in [0.717, 1.165) is 0 Å². The average molecular weight is 439 g/mol. The summed E-state index contributed by atoms with van der Waals surface area (Å²) in [5, 5.41) is 0. The molecule has 0 aliphatic rings. The topological polar surface area (TPSA) is 24.1 Å². The van der Waals surface area contributed by atoms with Gasteiger partial charge in [-0.2, -0.15) is 0 Å². The molecule has 1 atom stereocenters. The monoisotopic (exact) mass is 439 g/mol. The van der Waals surface area contributed by atoms with Gasteiger partial charge < -0.3 is 0 Å². The Balaban J connectivity index is 2.83. The fraction of sp³-hybridized carbons (Fsp3) is 1.00. The van der Waals surface area contributed by atoms with E-state index in [2.05, 4.69) is 52.1 Å². The molecule has 2 N–H and O–H groups in total. The van der Waals surface area contributed by atoms with Crippen molar-refractivity contribution in [3.8, 4) is 0 Å². The van der Waals surface area contributed by atoms with Crippen LogP contribution in [0.5, 0.6) is 0 Å². The maximum atomic E-state index is 3.07. The molecule has 0 aromatic heterocycles. The second kappa shape index (κ2) is 6.23. The van der Waals surface area contributed by atoms with Crippen LogP contribution in [-0.2, 0) is 0 Å². The molecule has 0 fully saturated rings. The van der Waals surface area contributed by atoms with E-state index in [1.165, 1.54) is 0 Å². The van der Waals surface area contributed by atoms with Gasteiger partial charge in [0.1, 0.15) is 0 Å². The zero-order chi connectivity index (χ0) is 5.70. The Morgan fingerprint density at radius 2 is 2.29 bits per heavy atom. The van der Waals surface area contributed by atoms with Crippen molar-refractivity contribution in [1.29, 1.82) is 0 Å². The molecule has 0 heterocycles. The zero-order valence-corrected chi connectivity index (χ0v) is 10.2. The van der Waals surface area contributed by atoms with E-state index in [1.54, 1.807) is 0 Å².